The Morgan fingerprint density at radius 3 is 2.94 bits per heavy atom. The van der Waals surface area contributed by atoms with Gasteiger partial charge in [-0.1, -0.05) is 6.07 Å². The van der Waals surface area contributed by atoms with Crippen LogP contribution in [-0.4, -0.2) is 48.2 Å². The highest BCUT2D eigenvalue weighted by Crippen LogP contribution is 2.13. The van der Waals surface area contributed by atoms with Crippen LogP contribution in [0.2, 0.25) is 0 Å². The number of nitrogens with zero attached hydrogens (tertiary/aromatic N) is 2. The summed E-state index contributed by atoms with van der Waals surface area (Å²) in [5.74, 6) is -0.181. The zero-order valence-electron chi connectivity index (χ0n) is 10.1. The lowest BCUT2D eigenvalue weighted by Crippen LogP contribution is -2.44. The van der Waals surface area contributed by atoms with Gasteiger partial charge in [-0.15, -0.1) is 0 Å². The van der Waals surface area contributed by atoms with Crippen molar-refractivity contribution in [3.05, 3.63) is 35.4 Å². The van der Waals surface area contributed by atoms with Crippen molar-refractivity contribution in [2.24, 2.45) is 0 Å². The Morgan fingerprint density at radius 2 is 2.33 bits per heavy atom. The SMILES string of the molecule is CN(C(=O)c1cccc(C#N)c1)[C@H]1CNC[C@@H]1O. The number of hydrogen-bond acceptors (Lipinski definition) is 4. The second kappa shape index (κ2) is 5.17. The van der Waals surface area contributed by atoms with Crippen LogP contribution in [0.1, 0.15) is 15.9 Å². The predicted octanol–water partition coefficient (Wildman–Crippen LogP) is -0.0370. The maximum atomic E-state index is 12.2. The maximum Gasteiger partial charge on any atom is 0.254 e. The molecule has 1 heterocycles. The fraction of sp³-hybridized carbons (Fsp3) is 0.385. The molecule has 0 spiro atoms. The van der Waals surface area contributed by atoms with E-state index in [-0.39, 0.29) is 11.9 Å². The molecule has 1 aromatic carbocycles. The molecule has 1 saturated heterocycles. The summed E-state index contributed by atoms with van der Waals surface area (Å²) in [6, 6.07) is 8.36. The highest BCUT2D eigenvalue weighted by atomic mass is 16.3. The number of aliphatic hydroxyl groups excluding tert-OH is 1. The van der Waals surface area contributed by atoms with E-state index in [1.165, 1.54) is 4.90 Å². The Morgan fingerprint density at radius 1 is 1.56 bits per heavy atom. The Bertz CT molecular complexity index is 495. The van der Waals surface area contributed by atoms with Crippen molar-refractivity contribution in [3.63, 3.8) is 0 Å². The van der Waals surface area contributed by atoms with Crippen LogP contribution in [-0.2, 0) is 0 Å². The first-order valence-corrected chi connectivity index (χ1v) is 5.79. The first-order chi connectivity index (χ1) is 8.63. The van der Waals surface area contributed by atoms with Crippen LogP contribution in [0.4, 0.5) is 0 Å². The predicted molar refractivity (Wildman–Crippen MR) is 65.9 cm³/mol. The molecular weight excluding hydrogens is 230 g/mol. The summed E-state index contributed by atoms with van der Waals surface area (Å²) in [7, 11) is 1.67. The molecule has 1 aliphatic heterocycles. The molecule has 0 aliphatic carbocycles. The Kier molecular flexibility index (Phi) is 3.60. The molecule has 1 aromatic rings. The van der Waals surface area contributed by atoms with Crippen LogP contribution >= 0.6 is 0 Å². The van der Waals surface area contributed by atoms with Gasteiger partial charge in [-0.2, -0.15) is 5.26 Å². The number of carbonyl (C=O) groups excluding carboxylic acids is 1. The quantitative estimate of drug-likeness (QED) is 0.766. The van der Waals surface area contributed by atoms with Gasteiger partial charge >= 0.3 is 0 Å². The van der Waals surface area contributed by atoms with Crippen molar-refractivity contribution in [2.45, 2.75) is 12.1 Å². The van der Waals surface area contributed by atoms with Gasteiger partial charge in [-0.3, -0.25) is 4.79 Å². The summed E-state index contributed by atoms with van der Waals surface area (Å²) in [5.41, 5.74) is 0.926. The third-order valence-electron chi connectivity index (χ3n) is 3.21. The van der Waals surface area contributed by atoms with Gasteiger partial charge in [0.15, 0.2) is 0 Å². The summed E-state index contributed by atoms with van der Waals surface area (Å²) in [6.45, 7) is 1.09. The first kappa shape index (κ1) is 12.6. The van der Waals surface area contributed by atoms with E-state index in [1.54, 1.807) is 31.3 Å². The minimum Gasteiger partial charge on any atom is -0.390 e. The molecule has 94 valence electrons. The van der Waals surface area contributed by atoms with Gasteiger partial charge in [0.05, 0.1) is 23.8 Å². The van der Waals surface area contributed by atoms with Gasteiger partial charge in [0.2, 0.25) is 0 Å². The van der Waals surface area contributed by atoms with Crippen molar-refractivity contribution >= 4 is 5.91 Å². The lowest BCUT2D eigenvalue weighted by atomic mass is 10.1. The standard InChI is InChI=1S/C13H15N3O2/c1-16(11-7-15-8-12(11)17)13(18)10-4-2-3-9(5-10)6-14/h2-5,11-12,15,17H,7-8H2,1H3/t11-,12-/m0/s1. The number of rotatable bonds is 2. The van der Waals surface area contributed by atoms with E-state index in [9.17, 15) is 9.90 Å². The summed E-state index contributed by atoms with van der Waals surface area (Å²) in [4.78, 5) is 13.8. The van der Waals surface area contributed by atoms with Crippen LogP contribution in [0.5, 0.6) is 0 Å². The number of benzene rings is 1. The van der Waals surface area contributed by atoms with Crippen molar-refractivity contribution < 1.29 is 9.90 Å². The van der Waals surface area contributed by atoms with Crippen molar-refractivity contribution in [3.8, 4) is 6.07 Å². The van der Waals surface area contributed by atoms with E-state index in [0.29, 0.717) is 24.2 Å². The number of carbonyl (C=O) groups is 1. The smallest absolute Gasteiger partial charge is 0.254 e. The molecule has 0 bridgehead atoms. The summed E-state index contributed by atoms with van der Waals surface area (Å²) >= 11 is 0. The first-order valence-electron chi connectivity index (χ1n) is 5.79. The number of nitriles is 1. The molecule has 5 heteroatoms. The maximum absolute atomic E-state index is 12.2. The van der Waals surface area contributed by atoms with Crippen molar-refractivity contribution in [1.82, 2.24) is 10.2 Å². The molecule has 1 fully saturated rings. The molecule has 18 heavy (non-hydrogen) atoms. The average molecular weight is 245 g/mol. The molecule has 5 nitrogen and oxygen atoms in total. The number of amides is 1. The molecule has 0 saturated carbocycles. The van der Waals surface area contributed by atoms with Crippen LogP contribution in [0.15, 0.2) is 24.3 Å². The second-order valence-electron chi connectivity index (χ2n) is 4.40. The van der Waals surface area contributed by atoms with Gasteiger partial charge in [0.25, 0.3) is 5.91 Å². The van der Waals surface area contributed by atoms with Gasteiger partial charge < -0.3 is 15.3 Å². The number of nitrogens with one attached hydrogen (secondary N) is 1. The minimum atomic E-state index is -0.543. The van der Waals surface area contributed by atoms with E-state index < -0.39 is 6.10 Å². The van der Waals surface area contributed by atoms with Crippen LogP contribution in [0, 0.1) is 11.3 Å². The summed E-state index contributed by atoms with van der Waals surface area (Å²) in [6.07, 6.45) is -0.543. The third-order valence-corrected chi connectivity index (χ3v) is 3.21. The Labute approximate surface area is 106 Å². The molecule has 2 atom stereocenters. The minimum absolute atomic E-state index is 0.181. The second-order valence-corrected chi connectivity index (χ2v) is 4.40. The van der Waals surface area contributed by atoms with Crippen molar-refractivity contribution in [2.75, 3.05) is 20.1 Å². The normalized spacial score (nSPS) is 22.5. The topological polar surface area (TPSA) is 76.4 Å². The number of hydrogen-bond donors (Lipinski definition) is 2. The number of likely N-dealkylation sites (N-methyl/N-ethyl adjacent to an activating group) is 1. The molecule has 1 aliphatic rings. The largest absolute Gasteiger partial charge is 0.390 e. The average Bonchev–Trinajstić information content (AvgIpc) is 2.83. The van der Waals surface area contributed by atoms with E-state index in [1.807, 2.05) is 6.07 Å². The van der Waals surface area contributed by atoms with Gasteiger partial charge in [0.1, 0.15) is 0 Å². The number of β-amino-alcohol motifs (C(OH)–C–C–N with tert-alkyl or cyclic N) is 1. The molecule has 2 rings (SSSR count). The highest BCUT2D eigenvalue weighted by Gasteiger charge is 2.31. The van der Waals surface area contributed by atoms with Gasteiger partial charge in [-0.25, -0.2) is 0 Å². The van der Waals surface area contributed by atoms with Crippen LogP contribution < -0.4 is 5.32 Å². The van der Waals surface area contributed by atoms with E-state index in [2.05, 4.69) is 5.32 Å². The molecule has 0 unspecified atom stereocenters. The van der Waals surface area contributed by atoms with Gasteiger partial charge in [-0.05, 0) is 18.2 Å². The van der Waals surface area contributed by atoms with E-state index >= 15 is 0 Å². The van der Waals surface area contributed by atoms with E-state index in [0.717, 1.165) is 0 Å². The van der Waals surface area contributed by atoms with E-state index in [4.69, 9.17) is 5.26 Å². The summed E-state index contributed by atoms with van der Waals surface area (Å²) in [5, 5.41) is 21.6. The Hall–Kier alpha value is -1.90. The molecule has 0 aromatic heterocycles. The fourth-order valence-electron chi connectivity index (χ4n) is 2.12. The van der Waals surface area contributed by atoms with Crippen molar-refractivity contribution in [1.29, 1.82) is 5.26 Å². The molecular formula is C13H15N3O2. The highest BCUT2D eigenvalue weighted by molar-refractivity contribution is 5.94. The van der Waals surface area contributed by atoms with Gasteiger partial charge in [0, 0.05) is 25.7 Å². The summed E-state index contributed by atoms with van der Waals surface area (Å²) < 4.78 is 0. The van der Waals surface area contributed by atoms with Crippen LogP contribution in [0.25, 0.3) is 0 Å². The fourth-order valence-corrected chi connectivity index (χ4v) is 2.12. The molecule has 2 N–H and O–H groups in total. The Balaban J connectivity index is 2.17. The zero-order chi connectivity index (χ0) is 13.1. The van der Waals surface area contributed by atoms with Crippen LogP contribution in [0.3, 0.4) is 0 Å². The zero-order valence-corrected chi connectivity index (χ0v) is 10.1. The third kappa shape index (κ3) is 2.35. The lowest BCUT2D eigenvalue weighted by molar-refractivity contribution is 0.0581. The number of aliphatic hydroxyl groups is 1. The molecule has 0 radical (unpaired) electrons. The monoisotopic (exact) mass is 245 g/mol. The lowest BCUT2D eigenvalue weighted by Gasteiger charge is -2.26. The molecule has 1 amide bonds.